The lowest BCUT2D eigenvalue weighted by molar-refractivity contribution is -0.139. The van der Waals surface area contributed by atoms with Gasteiger partial charge in [-0.3, -0.25) is 4.79 Å². The van der Waals surface area contributed by atoms with Crippen LogP contribution in [0.2, 0.25) is 0 Å². The molecule has 0 heterocycles. The molecule has 20 heavy (non-hydrogen) atoms. The lowest BCUT2D eigenvalue weighted by Crippen LogP contribution is -2.49. The Morgan fingerprint density at radius 1 is 1.25 bits per heavy atom. The molecule has 0 saturated heterocycles. The highest BCUT2D eigenvalue weighted by atomic mass is 16.4. The fourth-order valence-electron chi connectivity index (χ4n) is 1.56. The summed E-state index contributed by atoms with van der Waals surface area (Å²) in [5.74, 6) is -1.19. The summed E-state index contributed by atoms with van der Waals surface area (Å²) in [6.07, 6.45) is 1.16. The van der Waals surface area contributed by atoms with Crippen LogP contribution >= 0.6 is 0 Å². The summed E-state index contributed by atoms with van der Waals surface area (Å²) < 4.78 is 0. The molecule has 0 aromatic carbocycles. The summed E-state index contributed by atoms with van der Waals surface area (Å²) in [5, 5.41) is 14.1. The van der Waals surface area contributed by atoms with Gasteiger partial charge in [0.2, 0.25) is 5.91 Å². The predicted molar refractivity (Wildman–Crippen MR) is 75.3 cm³/mol. The standard InChI is InChI=1S/C13H25N3O4/c1-5-6-14-11(17)8-16(4)13(20)15-10(12(18)19)7-9(2)3/h9-10H,5-8H2,1-4H3,(H,14,17)(H,15,20)(H,18,19). The number of carbonyl (C=O) groups is 3. The van der Waals surface area contributed by atoms with Crippen molar-refractivity contribution in [2.75, 3.05) is 20.1 Å². The van der Waals surface area contributed by atoms with Gasteiger partial charge in [-0.1, -0.05) is 20.8 Å². The summed E-state index contributed by atoms with van der Waals surface area (Å²) in [6.45, 7) is 6.15. The number of nitrogens with zero attached hydrogens (tertiary/aromatic N) is 1. The molecule has 0 aliphatic rings. The molecule has 0 saturated carbocycles. The van der Waals surface area contributed by atoms with Gasteiger partial charge < -0.3 is 20.6 Å². The van der Waals surface area contributed by atoms with Crippen LogP contribution in [0.4, 0.5) is 4.79 Å². The van der Waals surface area contributed by atoms with Gasteiger partial charge in [0, 0.05) is 13.6 Å². The fourth-order valence-corrected chi connectivity index (χ4v) is 1.56. The molecule has 0 aromatic heterocycles. The highest BCUT2D eigenvalue weighted by Gasteiger charge is 2.23. The highest BCUT2D eigenvalue weighted by Crippen LogP contribution is 2.05. The predicted octanol–water partition coefficient (Wildman–Crippen LogP) is 0.653. The van der Waals surface area contributed by atoms with Crippen molar-refractivity contribution in [2.45, 2.75) is 39.7 Å². The second-order valence-corrected chi connectivity index (χ2v) is 5.18. The molecule has 1 unspecified atom stereocenters. The summed E-state index contributed by atoms with van der Waals surface area (Å²) >= 11 is 0. The van der Waals surface area contributed by atoms with E-state index < -0.39 is 18.0 Å². The van der Waals surface area contributed by atoms with Gasteiger partial charge in [-0.15, -0.1) is 0 Å². The molecule has 3 N–H and O–H groups in total. The monoisotopic (exact) mass is 287 g/mol. The van der Waals surface area contributed by atoms with Gasteiger partial charge >= 0.3 is 12.0 Å². The maximum atomic E-state index is 11.8. The third-order valence-electron chi connectivity index (χ3n) is 2.60. The Balaban J connectivity index is 4.34. The molecule has 116 valence electrons. The summed E-state index contributed by atoms with van der Waals surface area (Å²) in [7, 11) is 1.45. The average Bonchev–Trinajstić information content (AvgIpc) is 2.34. The van der Waals surface area contributed by atoms with Gasteiger partial charge in [-0.25, -0.2) is 9.59 Å². The van der Waals surface area contributed by atoms with E-state index in [1.54, 1.807) is 0 Å². The number of hydrogen-bond acceptors (Lipinski definition) is 3. The highest BCUT2D eigenvalue weighted by molar-refractivity contribution is 5.86. The molecule has 0 rings (SSSR count). The van der Waals surface area contributed by atoms with Crippen molar-refractivity contribution >= 4 is 17.9 Å². The molecule has 7 nitrogen and oxygen atoms in total. The van der Waals surface area contributed by atoms with Gasteiger partial charge in [0.15, 0.2) is 0 Å². The number of hydrogen-bond donors (Lipinski definition) is 3. The first-order valence-electron chi connectivity index (χ1n) is 6.79. The van der Waals surface area contributed by atoms with E-state index in [2.05, 4.69) is 10.6 Å². The molecule has 0 bridgehead atoms. The van der Waals surface area contributed by atoms with E-state index in [1.165, 1.54) is 11.9 Å². The molecule has 0 aliphatic heterocycles. The lowest BCUT2D eigenvalue weighted by atomic mass is 10.0. The molecule has 0 spiro atoms. The number of carbonyl (C=O) groups excluding carboxylic acids is 2. The molecule has 0 radical (unpaired) electrons. The van der Waals surface area contributed by atoms with E-state index in [9.17, 15) is 14.4 Å². The molecule has 0 fully saturated rings. The van der Waals surface area contributed by atoms with Gasteiger partial charge in [0.25, 0.3) is 0 Å². The Morgan fingerprint density at radius 3 is 2.30 bits per heavy atom. The van der Waals surface area contributed by atoms with Crippen molar-refractivity contribution in [1.82, 2.24) is 15.5 Å². The van der Waals surface area contributed by atoms with Gasteiger partial charge in [0.1, 0.15) is 12.6 Å². The Labute approximate surface area is 119 Å². The molecule has 1 atom stereocenters. The minimum absolute atomic E-state index is 0.0974. The normalized spacial score (nSPS) is 11.8. The summed E-state index contributed by atoms with van der Waals surface area (Å²) in [6, 6.07) is -1.51. The van der Waals surface area contributed by atoms with E-state index in [0.29, 0.717) is 13.0 Å². The average molecular weight is 287 g/mol. The second-order valence-electron chi connectivity index (χ2n) is 5.18. The van der Waals surface area contributed by atoms with E-state index in [0.717, 1.165) is 6.42 Å². The minimum atomic E-state index is -1.07. The first-order valence-corrected chi connectivity index (χ1v) is 6.79. The van der Waals surface area contributed by atoms with E-state index >= 15 is 0 Å². The molecular weight excluding hydrogens is 262 g/mol. The van der Waals surface area contributed by atoms with Crippen LogP contribution in [-0.2, 0) is 9.59 Å². The largest absolute Gasteiger partial charge is 0.480 e. The number of aliphatic carboxylic acids is 1. The van der Waals surface area contributed by atoms with E-state index in [4.69, 9.17) is 5.11 Å². The van der Waals surface area contributed by atoms with Crippen molar-refractivity contribution in [3.8, 4) is 0 Å². The van der Waals surface area contributed by atoms with Gasteiger partial charge in [0.05, 0.1) is 0 Å². The maximum Gasteiger partial charge on any atom is 0.326 e. The van der Waals surface area contributed by atoms with Crippen molar-refractivity contribution in [3.63, 3.8) is 0 Å². The van der Waals surface area contributed by atoms with Gasteiger partial charge in [-0.05, 0) is 18.8 Å². The molecule has 0 aliphatic carbocycles. The Kier molecular flexibility index (Phi) is 8.35. The number of rotatable bonds is 8. The lowest BCUT2D eigenvalue weighted by Gasteiger charge is -2.22. The van der Waals surface area contributed by atoms with E-state index in [-0.39, 0.29) is 18.4 Å². The van der Waals surface area contributed by atoms with E-state index in [1.807, 2.05) is 20.8 Å². The van der Waals surface area contributed by atoms with Crippen LogP contribution in [0.1, 0.15) is 33.6 Å². The van der Waals surface area contributed by atoms with Crippen LogP contribution in [0.15, 0.2) is 0 Å². The van der Waals surface area contributed by atoms with Crippen molar-refractivity contribution in [3.05, 3.63) is 0 Å². The quantitative estimate of drug-likeness (QED) is 0.610. The zero-order chi connectivity index (χ0) is 15.7. The van der Waals surface area contributed by atoms with Crippen LogP contribution in [0.3, 0.4) is 0 Å². The number of urea groups is 1. The van der Waals surface area contributed by atoms with Crippen LogP contribution in [-0.4, -0.2) is 54.1 Å². The van der Waals surface area contributed by atoms with Crippen LogP contribution in [0, 0.1) is 5.92 Å². The molecule has 7 heteroatoms. The summed E-state index contributed by atoms with van der Waals surface area (Å²) in [4.78, 5) is 35.5. The van der Waals surface area contributed by atoms with Crippen LogP contribution in [0.25, 0.3) is 0 Å². The first kappa shape index (κ1) is 18.2. The number of nitrogens with one attached hydrogen (secondary N) is 2. The molecule has 0 aromatic rings. The Bertz CT molecular complexity index is 345. The van der Waals surface area contributed by atoms with Crippen molar-refractivity contribution in [2.24, 2.45) is 5.92 Å². The Hall–Kier alpha value is -1.79. The third kappa shape index (κ3) is 7.60. The molecule has 3 amide bonds. The van der Waals surface area contributed by atoms with Crippen LogP contribution < -0.4 is 10.6 Å². The molecular formula is C13H25N3O4. The topological polar surface area (TPSA) is 98.7 Å². The second kappa shape index (κ2) is 9.17. The minimum Gasteiger partial charge on any atom is -0.480 e. The zero-order valence-corrected chi connectivity index (χ0v) is 12.6. The first-order chi connectivity index (χ1) is 9.27. The fraction of sp³-hybridized carbons (Fsp3) is 0.769. The van der Waals surface area contributed by atoms with Crippen molar-refractivity contribution in [1.29, 1.82) is 0 Å². The number of amides is 3. The number of carboxylic acids is 1. The van der Waals surface area contributed by atoms with Crippen molar-refractivity contribution < 1.29 is 19.5 Å². The van der Waals surface area contributed by atoms with Gasteiger partial charge in [-0.2, -0.15) is 0 Å². The zero-order valence-electron chi connectivity index (χ0n) is 12.6. The summed E-state index contributed by atoms with van der Waals surface area (Å²) in [5.41, 5.74) is 0. The smallest absolute Gasteiger partial charge is 0.326 e. The van der Waals surface area contributed by atoms with Crippen LogP contribution in [0.5, 0.6) is 0 Å². The SMILES string of the molecule is CCCNC(=O)CN(C)C(=O)NC(CC(C)C)C(=O)O. The number of carboxylic acid groups (broad SMARTS) is 1. The Morgan fingerprint density at radius 2 is 1.85 bits per heavy atom. The number of likely N-dealkylation sites (N-methyl/N-ethyl adjacent to an activating group) is 1. The maximum absolute atomic E-state index is 11.8. The third-order valence-corrected chi connectivity index (χ3v) is 2.60.